The SMILES string of the molecule is CCOCCC(N)Cc1cccc(F)c1F. The summed E-state index contributed by atoms with van der Waals surface area (Å²) in [6.45, 7) is 3.09. The van der Waals surface area contributed by atoms with Crippen LogP contribution < -0.4 is 5.73 Å². The van der Waals surface area contributed by atoms with Crippen molar-refractivity contribution in [1.82, 2.24) is 0 Å². The van der Waals surface area contributed by atoms with Crippen LogP contribution in [0.15, 0.2) is 18.2 Å². The number of rotatable bonds is 6. The molecule has 0 fully saturated rings. The largest absolute Gasteiger partial charge is 0.382 e. The Kier molecular flexibility index (Phi) is 5.35. The molecule has 1 rings (SSSR count). The summed E-state index contributed by atoms with van der Waals surface area (Å²) in [4.78, 5) is 0. The highest BCUT2D eigenvalue weighted by molar-refractivity contribution is 5.19. The minimum atomic E-state index is -0.825. The minimum absolute atomic E-state index is 0.206. The molecule has 1 aromatic rings. The fourth-order valence-electron chi connectivity index (χ4n) is 1.47. The molecule has 0 aromatic heterocycles. The van der Waals surface area contributed by atoms with E-state index in [1.807, 2.05) is 6.92 Å². The van der Waals surface area contributed by atoms with Crippen LogP contribution in [0, 0.1) is 11.6 Å². The van der Waals surface area contributed by atoms with Crippen LogP contribution >= 0.6 is 0 Å². The molecule has 0 saturated carbocycles. The topological polar surface area (TPSA) is 35.2 Å². The Morgan fingerprint density at radius 1 is 1.38 bits per heavy atom. The molecule has 0 aliphatic heterocycles. The quantitative estimate of drug-likeness (QED) is 0.759. The van der Waals surface area contributed by atoms with Crippen molar-refractivity contribution < 1.29 is 13.5 Å². The number of hydrogen-bond donors (Lipinski definition) is 1. The van der Waals surface area contributed by atoms with Crippen molar-refractivity contribution in [2.75, 3.05) is 13.2 Å². The van der Waals surface area contributed by atoms with Gasteiger partial charge in [0.2, 0.25) is 0 Å². The van der Waals surface area contributed by atoms with E-state index in [9.17, 15) is 8.78 Å². The number of halogens is 2. The van der Waals surface area contributed by atoms with E-state index in [0.29, 0.717) is 31.6 Å². The molecule has 0 bridgehead atoms. The van der Waals surface area contributed by atoms with Crippen molar-refractivity contribution in [2.45, 2.75) is 25.8 Å². The zero-order chi connectivity index (χ0) is 12.0. The van der Waals surface area contributed by atoms with E-state index in [-0.39, 0.29) is 6.04 Å². The van der Waals surface area contributed by atoms with Crippen molar-refractivity contribution in [3.05, 3.63) is 35.4 Å². The van der Waals surface area contributed by atoms with E-state index in [1.165, 1.54) is 6.07 Å². The van der Waals surface area contributed by atoms with Gasteiger partial charge in [-0.1, -0.05) is 12.1 Å². The Labute approximate surface area is 94.4 Å². The van der Waals surface area contributed by atoms with Crippen LogP contribution in [-0.2, 0) is 11.2 Å². The van der Waals surface area contributed by atoms with Gasteiger partial charge >= 0.3 is 0 Å². The van der Waals surface area contributed by atoms with Gasteiger partial charge in [-0.3, -0.25) is 0 Å². The van der Waals surface area contributed by atoms with Crippen LogP contribution in [0.25, 0.3) is 0 Å². The number of hydrogen-bond acceptors (Lipinski definition) is 2. The van der Waals surface area contributed by atoms with E-state index in [4.69, 9.17) is 10.5 Å². The second-order valence-electron chi connectivity index (χ2n) is 3.66. The van der Waals surface area contributed by atoms with Gasteiger partial charge in [0.25, 0.3) is 0 Å². The van der Waals surface area contributed by atoms with E-state index in [0.717, 1.165) is 6.07 Å². The Hall–Kier alpha value is -1.00. The van der Waals surface area contributed by atoms with Gasteiger partial charge in [-0.25, -0.2) is 8.78 Å². The molecule has 16 heavy (non-hydrogen) atoms. The summed E-state index contributed by atoms with van der Waals surface area (Å²) < 4.78 is 31.3. The lowest BCUT2D eigenvalue weighted by molar-refractivity contribution is 0.140. The monoisotopic (exact) mass is 229 g/mol. The van der Waals surface area contributed by atoms with Crippen LogP contribution in [0.1, 0.15) is 18.9 Å². The summed E-state index contributed by atoms with van der Waals surface area (Å²) in [5.74, 6) is -1.62. The molecule has 0 aliphatic rings. The average Bonchev–Trinajstić information content (AvgIpc) is 2.25. The molecule has 0 saturated heterocycles. The highest BCUT2D eigenvalue weighted by Crippen LogP contribution is 2.13. The van der Waals surface area contributed by atoms with Crippen molar-refractivity contribution in [2.24, 2.45) is 5.73 Å². The van der Waals surface area contributed by atoms with E-state index in [2.05, 4.69) is 0 Å². The zero-order valence-electron chi connectivity index (χ0n) is 9.38. The maximum atomic E-state index is 13.3. The van der Waals surface area contributed by atoms with Crippen molar-refractivity contribution in [3.63, 3.8) is 0 Å². The third-order valence-corrected chi connectivity index (χ3v) is 2.35. The van der Waals surface area contributed by atoms with Crippen LogP contribution in [0.2, 0.25) is 0 Å². The van der Waals surface area contributed by atoms with Gasteiger partial charge in [-0.2, -0.15) is 0 Å². The predicted octanol–water partition coefficient (Wildman–Crippen LogP) is 2.26. The smallest absolute Gasteiger partial charge is 0.162 e. The molecule has 0 heterocycles. The summed E-state index contributed by atoms with van der Waals surface area (Å²) in [5.41, 5.74) is 6.12. The predicted molar refractivity (Wildman–Crippen MR) is 59.1 cm³/mol. The fourth-order valence-corrected chi connectivity index (χ4v) is 1.47. The molecule has 2 N–H and O–H groups in total. The molecule has 1 aromatic carbocycles. The lowest BCUT2D eigenvalue weighted by Gasteiger charge is -2.12. The molecule has 0 radical (unpaired) electrons. The first-order chi connectivity index (χ1) is 7.65. The fraction of sp³-hybridized carbons (Fsp3) is 0.500. The summed E-state index contributed by atoms with van der Waals surface area (Å²) in [7, 11) is 0. The number of ether oxygens (including phenoxy) is 1. The Morgan fingerprint density at radius 2 is 2.12 bits per heavy atom. The molecule has 0 spiro atoms. The maximum absolute atomic E-state index is 13.3. The molecule has 4 heteroatoms. The van der Waals surface area contributed by atoms with Gasteiger partial charge in [-0.15, -0.1) is 0 Å². The third kappa shape index (κ3) is 3.87. The summed E-state index contributed by atoms with van der Waals surface area (Å²) in [6.07, 6.45) is 0.973. The first kappa shape index (κ1) is 13.1. The van der Waals surface area contributed by atoms with Crippen molar-refractivity contribution in [1.29, 1.82) is 0 Å². The lowest BCUT2D eigenvalue weighted by Crippen LogP contribution is -2.25. The summed E-state index contributed by atoms with van der Waals surface area (Å²) in [5, 5.41) is 0. The summed E-state index contributed by atoms with van der Waals surface area (Å²) in [6, 6.07) is 3.94. The standard InChI is InChI=1S/C12H17F2NO/c1-2-16-7-6-10(15)8-9-4-3-5-11(13)12(9)14/h3-5,10H,2,6-8,15H2,1H3. The van der Waals surface area contributed by atoms with Gasteiger partial charge in [0, 0.05) is 19.3 Å². The van der Waals surface area contributed by atoms with E-state index in [1.54, 1.807) is 6.07 Å². The molecular formula is C12H17F2NO. The zero-order valence-corrected chi connectivity index (χ0v) is 9.38. The third-order valence-electron chi connectivity index (χ3n) is 2.35. The molecule has 2 nitrogen and oxygen atoms in total. The van der Waals surface area contributed by atoms with Gasteiger partial charge in [0.15, 0.2) is 11.6 Å². The van der Waals surface area contributed by atoms with Gasteiger partial charge in [0.05, 0.1) is 0 Å². The Morgan fingerprint density at radius 3 is 2.81 bits per heavy atom. The van der Waals surface area contributed by atoms with Crippen molar-refractivity contribution in [3.8, 4) is 0 Å². The maximum Gasteiger partial charge on any atom is 0.162 e. The Bertz CT molecular complexity index is 331. The van der Waals surface area contributed by atoms with Gasteiger partial charge in [-0.05, 0) is 31.4 Å². The van der Waals surface area contributed by atoms with Crippen molar-refractivity contribution >= 4 is 0 Å². The highest BCUT2D eigenvalue weighted by atomic mass is 19.2. The van der Waals surface area contributed by atoms with Crippen LogP contribution in [-0.4, -0.2) is 19.3 Å². The second kappa shape index (κ2) is 6.55. The summed E-state index contributed by atoms with van der Waals surface area (Å²) >= 11 is 0. The first-order valence-corrected chi connectivity index (χ1v) is 5.41. The minimum Gasteiger partial charge on any atom is -0.382 e. The molecule has 0 amide bonds. The van der Waals surface area contributed by atoms with Gasteiger partial charge < -0.3 is 10.5 Å². The van der Waals surface area contributed by atoms with Crippen LogP contribution in [0.3, 0.4) is 0 Å². The van der Waals surface area contributed by atoms with E-state index < -0.39 is 11.6 Å². The molecular weight excluding hydrogens is 212 g/mol. The van der Waals surface area contributed by atoms with Gasteiger partial charge in [0.1, 0.15) is 0 Å². The molecule has 0 aliphatic carbocycles. The first-order valence-electron chi connectivity index (χ1n) is 5.41. The highest BCUT2D eigenvalue weighted by Gasteiger charge is 2.11. The van der Waals surface area contributed by atoms with Crippen LogP contribution in [0.5, 0.6) is 0 Å². The average molecular weight is 229 g/mol. The Balaban J connectivity index is 2.49. The van der Waals surface area contributed by atoms with Crippen LogP contribution in [0.4, 0.5) is 8.78 Å². The normalized spacial score (nSPS) is 12.8. The number of nitrogens with two attached hydrogens (primary N) is 1. The second-order valence-corrected chi connectivity index (χ2v) is 3.66. The molecule has 90 valence electrons. The number of benzene rings is 1. The van der Waals surface area contributed by atoms with E-state index >= 15 is 0 Å². The molecule has 1 unspecified atom stereocenters. The molecule has 1 atom stereocenters. The lowest BCUT2D eigenvalue weighted by atomic mass is 10.0.